The molecule has 0 aliphatic carbocycles. The van der Waals surface area contributed by atoms with Crippen LogP contribution in [0.3, 0.4) is 0 Å². The van der Waals surface area contributed by atoms with Crippen molar-refractivity contribution in [3.63, 3.8) is 0 Å². The Labute approximate surface area is 166 Å². The average molecular weight is 408 g/mol. The third-order valence-electron chi connectivity index (χ3n) is 3.89. The van der Waals surface area contributed by atoms with Crippen LogP contribution in [0, 0.1) is 6.92 Å². The minimum Gasteiger partial charge on any atom is -0.468 e. The number of aromatic nitrogens is 4. The fourth-order valence-corrected chi connectivity index (χ4v) is 2.97. The van der Waals surface area contributed by atoms with Gasteiger partial charge in [-0.15, -0.1) is 0 Å². The zero-order valence-electron chi connectivity index (χ0n) is 14.7. The van der Waals surface area contributed by atoms with Crippen LogP contribution in [0.4, 0.5) is 0 Å². The van der Waals surface area contributed by atoms with Crippen LogP contribution in [0.25, 0.3) is 0 Å². The highest BCUT2D eigenvalue weighted by atomic mass is 35.5. The minimum absolute atomic E-state index is 0.0926. The Balaban J connectivity index is 1.46. The van der Waals surface area contributed by atoms with Crippen molar-refractivity contribution >= 4 is 29.1 Å². The van der Waals surface area contributed by atoms with Gasteiger partial charge in [0.1, 0.15) is 5.69 Å². The molecule has 0 atom stereocenters. The zero-order valence-corrected chi connectivity index (χ0v) is 16.2. The first-order valence-electron chi connectivity index (χ1n) is 8.41. The maximum atomic E-state index is 12.2. The molecule has 1 amide bonds. The molecule has 0 saturated carbocycles. The number of nitrogens with one attached hydrogen (secondary N) is 1. The fourth-order valence-electron chi connectivity index (χ4n) is 2.46. The van der Waals surface area contributed by atoms with Crippen molar-refractivity contribution in [2.75, 3.05) is 6.54 Å². The van der Waals surface area contributed by atoms with E-state index in [-0.39, 0.29) is 12.6 Å². The molecule has 27 heavy (non-hydrogen) atoms. The summed E-state index contributed by atoms with van der Waals surface area (Å²) in [5.74, 6) is 0.151. The van der Waals surface area contributed by atoms with Gasteiger partial charge in [0.2, 0.25) is 0 Å². The Morgan fingerprint density at radius 2 is 2.00 bits per heavy atom. The summed E-state index contributed by atoms with van der Waals surface area (Å²) in [5.41, 5.74) is 1.41. The molecule has 0 spiro atoms. The summed E-state index contributed by atoms with van der Waals surface area (Å²) < 4.78 is 9.00. The summed E-state index contributed by atoms with van der Waals surface area (Å²) in [4.78, 5) is 12.2. The van der Waals surface area contributed by atoms with Crippen molar-refractivity contribution in [1.29, 1.82) is 0 Å². The van der Waals surface area contributed by atoms with Gasteiger partial charge in [-0.05, 0) is 37.6 Å². The molecule has 0 bridgehead atoms. The van der Waals surface area contributed by atoms with E-state index in [4.69, 9.17) is 27.9 Å². The number of nitrogens with zero attached hydrogens (tertiary/aromatic N) is 4. The molecule has 0 aliphatic heterocycles. The first-order valence-corrected chi connectivity index (χ1v) is 9.17. The standard InChI is InChI=1S/C18H19Cl2N5O2/c1-13-6-9-22-25(13)10-3-8-21-18(26)16-7-11-24(23-16)12-27-17-14(19)4-2-5-15(17)20/h2,4-7,9,11H,3,8,10,12H2,1H3,(H,21,26). The number of carbonyl (C=O) groups excluding carboxylic acids is 1. The lowest BCUT2D eigenvalue weighted by Gasteiger charge is -2.09. The van der Waals surface area contributed by atoms with E-state index >= 15 is 0 Å². The predicted octanol–water partition coefficient (Wildman–Crippen LogP) is 3.55. The second-order valence-electron chi connectivity index (χ2n) is 5.87. The van der Waals surface area contributed by atoms with Crippen LogP contribution in [-0.4, -0.2) is 32.0 Å². The number of para-hydroxylation sites is 1. The quantitative estimate of drug-likeness (QED) is 0.579. The van der Waals surface area contributed by atoms with E-state index in [0.717, 1.165) is 18.7 Å². The Bertz CT molecular complexity index is 902. The number of hydrogen-bond donors (Lipinski definition) is 1. The van der Waals surface area contributed by atoms with Gasteiger partial charge in [-0.2, -0.15) is 10.2 Å². The van der Waals surface area contributed by atoms with Crippen molar-refractivity contribution in [1.82, 2.24) is 24.9 Å². The van der Waals surface area contributed by atoms with Crippen molar-refractivity contribution < 1.29 is 9.53 Å². The Hall–Kier alpha value is -2.51. The summed E-state index contributed by atoms with van der Waals surface area (Å²) in [6, 6.07) is 8.69. The summed E-state index contributed by atoms with van der Waals surface area (Å²) in [6.45, 7) is 3.38. The molecule has 3 rings (SSSR count). The molecular formula is C18H19Cl2N5O2. The molecule has 0 fully saturated rings. The van der Waals surface area contributed by atoms with Gasteiger partial charge in [0, 0.05) is 31.2 Å². The topological polar surface area (TPSA) is 74.0 Å². The average Bonchev–Trinajstić information content (AvgIpc) is 3.27. The summed E-state index contributed by atoms with van der Waals surface area (Å²) in [7, 11) is 0. The number of rotatable bonds is 8. The van der Waals surface area contributed by atoms with Crippen molar-refractivity contribution in [2.24, 2.45) is 0 Å². The molecule has 0 unspecified atom stereocenters. The molecule has 1 aromatic carbocycles. The summed E-state index contributed by atoms with van der Waals surface area (Å²) in [6.07, 6.45) is 4.20. The van der Waals surface area contributed by atoms with Gasteiger partial charge < -0.3 is 10.1 Å². The van der Waals surface area contributed by atoms with Crippen LogP contribution in [0.1, 0.15) is 22.6 Å². The minimum atomic E-state index is -0.235. The lowest BCUT2D eigenvalue weighted by atomic mass is 10.3. The smallest absolute Gasteiger partial charge is 0.271 e. The van der Waals surface area contributed by atoms with Gasteiger partial charge in [-0.3, -0.25) is 9.48 Å². The molecule has 2 aromatic heterocycles. The second kappa shape index (κ2) is 8.92. The van der Waals surface area contributed by atoms with E-state index < -0.39 is 0 Å². The van der Waals surface area contributed by atoms with Crippen LogP contribution >= 0.6 is 23.2 Å². The highest BCUT2D eigenvalue weighted by Gasteiger charge is 2.11. The Kier molecular flexibility index (Phi) is 6.36. The second-order valence-corrected chi connectivity index (χ2v) is 6.68. The van der Waals surface area contributed by atoms with Gasteiger partial charge in [0.15, 0.2) is 12.5 Å². The number of carbonyl (C=O) groups is 1. The molecular weight excluding hydrogens is 389 g/mol. The Morgan fingerprint density at radius 3 is 2.70 bits per heavy atom. The van der Waals surface area contributed by atoms with Crippen molar-refractivity contribution in [3.05, 3.63) is 64.2 Å². The SMILES string of the molecule is Cc1ccnn1CCCNC(=O)c1ccn(COc2c(Cl)cccc2Cl)n1. The molecule has 1 N–H and O–H groups in total. The first-order chi connectivity index (χ1) is 13.0. The van der Waals surface area contributed by atoms with Gasteiger partial charge in [0.25, 0.3) is 5.91 Å². The number of ether oxygens (including phenoxy) is 1. The maximum absolute atomic E-state index is 12.2. The van der Waals surface area contributed by atoms with Crippen molar-refractivity contribution in [2.45, 2.75) is 26.6 Å². The molecule has 0 radical (unpaired) electrons. The normalized spacial score (nSPS) is 10.8. The summed E-state index contributed by atoms with van der Waals surface area (Å²) in [5, 5.41) is 12.1. The first kappa shape index (κ1) is 19.3. The van der Waals surface area contributed by atoms with E-state index in [9.17, 15) is 4.79 Å². The Morgan fingerprint density at radius 1 is 1.22 bits per heavy atom. The molecule has 0 saturated heterocycles. The summed E-state index contributed by atoms with van der Waals surface area (Å²) >= 11 is 12.1. The number of amides is 1. The van der Waals surface area contributed by atoms with E-state index in [0.29, 0.717) is 28.0 Å². The number of hydrogen-bond acceptors (Lipinski definition) is 4. The van der Waals surface area contributed by atoms with Crippen LogP contribution in [-0.2, 0) is 13.3 Å². The van der Waals surface area contributed by atoms with Crippen LogP contribution in [0.2, 0.25) is 10.0 Å². The lowest BCUT2D eigenvalue weighted by molar-refractivity contribution is 0.0945. The fraction of sp³-hybridized carbons (Fsp3) is 0.278. The van der Waals surface area contributed by atoms with Gasteiger partial charge >= 0.3 is 0 Å². The van der Waals surface area contributed by atoms with Gasteiger partial charge in [-0.1, -0.05) is 29.3 Å². The monoisotopic (exact) mass is 407 g/mol. The van der Waals surface area contributed by atoms with E-state index in [1.54, 1.807) is 36.7 Å². The van der Waals surface area contributed by atoms with E-state index in [2.05, 4.69) is 15.5 Å². The van der Waals surface area contributed by atoms with Gasteiger partial charge in [-0.25, -0.2) is 4.68 Å². The molecule has 142 valence electrons. The third-order valence-corrected chi connectivity index (χ3v) is 4.49. The van der Waals surface area contributed by atoms with E-state index in [1.165, 1.54) is 4.68 Å². The largest absolute Gasteiger partial charge is 0.468 e. The van der Waals surface area contributed by atoms with Gasteiger partial charge in [0.05, 0.1) is 10.0 Å². The number of aryl methyl sites for hydroxylation is 2. The highest BCUT2D eigenvalue weighted by molar-refractivity contribution is 6.37. The lowest BCUT2D eigenvalue weighted by Crippen LogP contribution is -2.26. The number of benzene rings is 1. The van der Waals surface area contributed by atoms with Crippen LogP contribution in [0.15, 0.2) is 42.7 Å². The maximum Gasteiger partial charge on any atom is 0.271 e. The molecule has 7 nitrogen and oxygen atoms in total. The van der Waals surface area contributed by atoms with Crippen LogP contribution < -0.4 is 10.1 Å². The van der Waals surface area contributed by atoms with E-state index in [1.807, 2.05) is 17.7 Å². The highest BCUT2D eigenvalue weighted by Crippen LogP contribution is 2.32. The number of halogens is 2. The third kappa shape index (κ3) is 5.02. The zero-order chi connectivity index (χ0) is 19.2. The van der Waals surface area contributed by atoms with Crippen molar-refractivity contribution in [3.8, 4) is 5.75 Å². The molecule has 3 aromatic rings. The molecule has 0 aliphatic rings. The molecule has 9 heteroatoms. The molecule has 2 heterocycles. The van der Waals surface area contributed by atoms with Crippen LogP contribution in [0.5, 0.6) is 5.75 Å². The predicted molar refractivity (Wildman–Crippen MR) is 103 cm³/mol.